The molecular formula is C12H7ClN4. The number of anilines is 1. The molecular weight excluding hydrogens is 236 g/mol. The molecule has 0 spiro atoms. The van der Waals surface area contributed by atoms with Crippen molar-refractivity contribution in [2.45, 2.75) is 6.92 Å². The van der Waals surface area contributed by atoms with Gasteiger partial charge in [0.05, 0.1) is 0 Å². The fraction of sp³-hybridized carbons (Fsp3) is 0.0833. The van der Waals surface area contributed by atoms with Crippen molar-refractivity contribution in [1.82, 2.24) is 0 Å². The van der Waals surface area contributed by atoms with Crippen LogP contribution in [0.1, 0.15) is 5.56 Å². The van der Waals surface area contributed by atoms with Crippen LogP contribution in [-0.4, -0.2) is 0 Å². The number of hydrogen-bond acceptors (Lipinski definition) is 4. The molecule has 0 heterocycles. The van der Waals surface area contributed by atoms with Gasteiger partial charge in [0.25, 0.3) is 0 Å². The second-order valence-corrected chi connectivity index (χ2v) is 3.53. The van der Waals surface area contributed by atoms with Crippen LogP contribution < -0.4 is 5.32 Å². The van der Waals surface area contributed by atoms with Crippen LogP contribution in [-0.2, 0) is 0 Å². The van der Waals surface area contributed by atoms with E-state index in [-0.39, 0.29) is 11.3 Å². The number of rotatable bonds is 2. The fourth-order valence-corrected chi connectivity index (χ4v) is 1.34. The monoisotopic (exact) mass is 242 g/mol. The van der Waals surface area contributed by atoms with Crippen molar-refractivity contribution in [3.8, 4) is 18.2 Å². The first kappa shape index (κ1) is 12.6. The first-order valence-corrected chi connectivity index (χ1v) is 4.98. The van der Waals surface area contributed by atoms with Gasteiger partial charge in [0.1, 0.15) is 23.9 Å². The molecule has 1 aromatic carbocycles. The van der Waals surface area contributed by atoms with Crippen LogP contribution in [0.2, 0.25) is 5.02 Å². The quantitative estimate of drug-likeness (QED) is 0.808. The molecule has 1 N–H and O–H groups in total. The van der Waals surface area contributed by atoms with Crippen LogP contribution in [0.15, 0.2) is 29.5 Å². The van der Waals surface area contributed by atoms with Crippen LogP contribution in [0.3, 0.4) is 0 Å². The first-order valence-electron chi connectivity index (χ1n) is 4.60. The van der Waals surface area contributed by atoms with Crippen molar-refractivity contribution in [2.24, 2.45) is 0 Å². The summed E-state index contributed by atoms with van der Waals surface area (Å²) in [6, 6.07) is 10.2. The van der Waals surface area contributed by atoms with Gasteiger partial charge in [0.15, 0.2) is 5.57 Å². The predicted molar refractivity (Wildman–Crippen MR) is 63.7 cm³/mol. The summed E-state index contributed by atoms with van der Waals surface area (Å²) in [6.07, 6.45) is 0. The van der Waals surface area contributed by atoms with E-state index in [1.54, 1.807) is 43.3 Å². The Balaban J connectivity index is 3.21. The van der Waals surface area contributed by atoms with Gasteiger partial charge >= 0.3 is 0 Å². The van der Waals surface area contributed by atoms with E-state index >= 15 is 0 Å². The molecule has 0 atom stereocenters. The molecule has 0 saturated heterocycles. The minimum absolute atomic E-state index is 0.0830. The van der Waals surface area contributed by atoms with Gasteiger partial charge in [-0.05, 0) is 24.6 Å². The molecule has 0 radical (unpaired) electrons. The van der Waals surface area contributed by atoms with E-state index in [0.717, 1.165) is 5.56 Å². The van der Waals surface area contributed by atoms with Gasteiger partial charge in [-0.2, -0.15) is 15.8 Å². The minimum Gasteiger partial charge on any atom is -0.345 e. The lowest BCUT2D eigenvalue weighted by atomic mass is 10.1. The third-order valence-electron chi connectivity index (χ3n) is 2.11. The molecule has 0 aromatic heterocycles. The van der Waals surface area contributed by atoms with Crippen molar-refractivity contribution in [1.29, 1.82) is 15.8 Å². The second-order valence-electron chi connectivity index (χ2n) is 3.12. The van der Waals surface area contributed by atoms with Crippen LogP contribution in [0.25, 0.3) is 0 Å². The number of nitrogens with one attached hydrogen (secondary N) is 1. The van der Waals surface area contributed by atoms with Crippen molar-refractivity contribution < 1.29 is 0 Å². The van der Waals surface area contributed by atoms with Crippen LogP contribution in [0, 0.1) is 40.9 Å². The van der Waals surface area contributed by atoms with Gasteiger partial charge < -0.3 is 5.32 Å². The SMILES string of the molecule is Cc1c(Cl)cccc1NC(C#N)=C(C#N)C#N. The summed E-state index contributed by atoms with van der Waals surface area (Å²) < 4.78 is 0. The summed E-state index contributed by atoms with van der Waals surface area (Å²) in [5, 5.41) is 29.5. The van der Waals surface area contributed by atoms with E-state index in [2.05, 4.69) is 5.32 Å². The zero-order valence-corrected chi connectivity index (χ0v) is 9.71. The fourth-order valence-electron chi connectivity index (χ4n) is 1.16. The highest BCUT2D eigenvalue weighted by Gasteiger charge is 2.08. The Morgan fingerprint density at radius 1 is 1.18 bits per heavy atom. The van der Waals surface area contributed by atoms with Gasteiger partial charge in [-0.25, -0.2) is 0 Å². The molecule has 0 amide bonds. The summed E-state index contributed by atoms with van der Waals surface area (Å²) in [5.74, 6) is 0. The minimum atomic E-state index is -0.258. The summed E-state index contributed by atoms with van der Waals surface area (Å²) in [4.78, 5) is 0. The smallest absolute Gasteiger partial charge is 0.163 e. The van der Waals surface area contributed by atoms with E-state index in [4.69, 9.17) is 27.4 Å². The van der Waals surface area contributed by atoms with Crippen LogP contribution >= 0.6 is 11.6 Å². The molecule has 0 saturated carbocycles. The van der Waals surface area contributed by atoms with Crippen LogP contribution in [0.4, 0.5) is 5.69 Å². The highest BCUT2D eigenvalue weighted by atomic mass is 35.5. The highest BCUT2D eigenvalue weighted by molar-refractivity contribution is 6.31. The third-order valence-corrected chi connectivity index (χ3v) is 2.52. The average Bonchev–Trinajstić information content (AvgIpc) is 2.34. The number of hydrogen-bond donors (Lipinski definition) is 1. The number of benzene rings is 1. The summed E-state index contributed by atoms with van der Waals surface area (Å²) in [6.45, 7) is 1.78. The Hall–Kier alpha value is -2.48. The molecule has 82 valence electrons. The zero-order chi connectivity index (χ0) is 12.8. The van der Waals surface area contributed by atoms with E-state index in [0.29, 0.717) is 10.7 Å². The summed E-state index contributed by atoms with van der Waals surface area (Å²) in [5.41, 5.74) is 1.00. The molecule has 0 aliphatic heterocycles. The normalized spacial score (nSPS) is 8.41. The molecule has 0 bridgehead atoms. The zero-order valence-electron chi connectivity index (χ0n) is 8.95. The van der Waals surface area contributed by atoms with E-state index in [1.807, 2.05) is 0 Å². The van der Waals surface area contributed by atoms with Gasteiger partial charge in [-0.3, -0.25) is 0 Å². The number of nitriles is 3. The van der Waals surface area contributed by atoms with Gasteiger partial charge in [-0.1, -0.05) is 17.7 Å². The maximum Gasteiger partial charge on any atom is 0.163 e. The Morgan fingerprint density at radius 3 is 2.35 bits per heavy atom. The summed E-state index contributed by atoms with van der Waals surface area (Å²) in [7, 11) is 0. The maximum absolute atomic E-state index is 8.87. The van der Waals surface area contributed by atoms with E-state index in [9.17, 15) is 0 Å². The Labute approximate surface area is 104 Å². The predicted octanol–water partition coefficient (Wildman–Crippen LogP) is 2.89. The second kappa shape index (κ2) is 5.56. The lowest BCUT2D eigenvalue weighted by molar-refractivity contribution is 1.35. The first-order chi connectivity index (χ1) is 8.13. The van der Waals surface area contributed by atoms with E-state index in [1.165, 1.54) is 0 Å². The molecule has 0 aliphatic carbocycles. The molecule has 17 heavy (non-hydrogen) atoms. The summed E-state index contributed by atoms with van der Waals surface area (Å²) >= 11 is 5.92. The Kier molecular flexibility index (Phi) is 4.12. The standard InChI is InChI=1S/C12H7ClN4/c1-8-10(13)3-2-4-11(8)17-12(7-16)9(5-14)6-15/h2-4,17H,1H3. The van der Waals surface area contributed by atoms with Crippen LogP contribution in [0.5, 0.6) is 0 Å². The maximum atomic E-state index is 8.87. The van der Waals surface area contributed by atoms with Crippen molar-refractivity contribution >= 4 is 17.3 Å². The van der Waals surface area contributed by atoms with Gasteiger partial charge in [0, 0.05) is 10.7 Å². The molecule has 1 rings (SSSR count). The lowest BCUT2D eigenvalue weighted by Gasteiger charge is -2.08. The topological polar surface area (TPSA) is 83.4 Å². The molecule has 0 fully saturated rings. The Morgan fingerprint density at radius 2 is 1.82 bits per heavy atom. The van der Waals surface area contributed by atoms with Crippen molar-refractivity contribution in [3.05, 3.63) is 40.1 Å². The highest BCUT2D eigenvalue weighted by Crippen LogP contribution is 2.24. The average molecular weight is 243 g/mol. The van der Waals surface area contributed by atoms with Crippen molar-refractivity contribution in [2.75, 3.05) is 5.32 Å². The molecule has 0 unspecified atom stereocenters. The molecule has 5 heteroatoms. The largest absolute Gasteiger partial charge is 0.345 e. The van der Waals surface area contributed by atoms with Gasteiger partial charge in [0.2, 0.25) is 0 Å². The molecule has 4 nitrogen and oxygen atoms in total. The number of nitrogens with zero attached hydrogens (tertiary/aromatic N) is 3. The third kappa shape index (κ3) is 2.75. The molecule has 1 aromatic rings. The van der Waals surface area contributed by atoms with Crippen molar-refractivity contribution in [3.63, 3.8) is 0 Å². The molecule has 0 aliphatic rings. The van der Waals surface area contributed by atoms with Gasteiger partial charge in [-0.15, -0.1) is 0 Å². The number of halogens is 1. The Bertz CT molecular complexity index is 580. The lowest BCUT2D eigenvalue weighted by Crippen LogP contribution is -2.02. The van der Waals surface area contributed by atoms with E-state index < -0.39 is 0 Å². The number of allylic oxidation sites excluding steroid dienone is 2.